The molecule has 0 spiro atoms. The van der Waals surface area contributed by atoms with E-state index < -0.39 is 5.97 Å². The highest BCUT2D eigenvalue weighted by atomic mass is 35.5. The Morgan fingerprint density at radius 3 is 2.42 bits per heavy atom. The SMILES string of the molecule is COC(=O)c1ccc(Cl)c(Nc2ccc(NC(=O)c3ccco3)cc2)c1. The monoisotopic (exact) mass is 370 g/mol. The van der Waals surface area contributed by atoms with Crippen LogP contribution in [0.15, 0.2) is 65.3 Å². The number of carbonyl (C=O) groups is 2. The van der Waals surface area contributed by atoms with E-state index in [1.54, 1.807) is 54.6 Å². The van der Waals surface area contributed by atoms with Gasteiger partial charge in [0.15, 0.2) is 5.76 Å². The standard InChI is InChI=1S/C19H15ClN2O4/c1-25-19(24)12-4-9-15(20)16(11-12)21-13-5-7-14(8-6-13)22-18(23)17-3-2-10-26-17/h2-11,21H,1H3,(H,22,23). The van der Waals surface area contributed by atoms with E-state index in [1.807, 2.05) is 0 Å². The van der Waals surface area contributed by atoms with Crippen LogP contribution in [0.3, 0.4) is 0 Å². The van der Waals surface area contributed by atoms with Crippen LogP contribution in [0.5, 0.6) is 0 Å². The summed E-state index contributed by atoms with van der Waals surface area (Å²) in [6.07, 6.45) is 1.44. The first kappa shape index (κ1) is 17.6. The minimum atomic E-state index is -0.444. The van der Waals surface area contributed by atoms with Gasteiger partial charge in [0.2, 0.25) is 0 Å². The molecule has 0 radical (unpaired) electrons. The van der Waals surface area contributed by atoms with Gasteiger partial charge in [0.25, 0.3) is 5.91 Å². The molecule has 0 saturated heterocycles. The third-order valence-corrected chi connectivity index (χ3v) is 3.88. The summed E-state index contributed by atoms with van der Waals surface area (Å²) in [6.45, 7) is 0. The van der Waals surface area contributed by atoms with Crippen molar-refractivity contribution >= 4 is 40.5 Å². The fourth-order valence-corrected chi connectivity index (χ4v) is 2.42. The summed E-state index contributed by atoms with van der Waals surface area (Å²) >= 11 is 6.17. The highest BCUT2D eigenvalue weighted by molar-refractivity contribution is 6.33. The average Bonchev–Trinajstić information content (AvgIpc) is 3.19. The van der Waals surface area contributed by atoms with Crippen molar-refractivity contribution in [2.24, 2.45) is 0 Å². The number of rotatable bonds is 5. The minimum Gasteiger partial charge on any atom is -0.465 e. The van der Waals surface area contributed by atoms with Gasteiger partial charge in [-0.2, -0.15) is 0 Å². The maximum absolute atomic E-state index is 11.9. The zero-order valence-electron chi connectivity index (χ0n) is 13.8. The van der Waals surface area contributed by atoms with Gasteiger partial charge in [-0.25, -0.2) is 4.79 Å². The van der Waals surface area contributed by atoms with Crippen molar-refractivity contribution in [1.29, 1.82) is 0 Å². The molecule has 3 aromatic rings. The number of methoxy groups -OCH3 is 1. The first-order chi connectivity index (χ1) is 12.6. The van der Waals surface area contributed by atoms with E-state index in [4.69, 9.17) is 20.8 Å². The van der Waals surface area contributed by atoms with Crippen molar-refractivity contribution in [2.75, 3.05) is 17.7 Å². The van der Waals surface area contributed by atoms with Gasteiger partial charge in [-0.15, -0.1) is 0 Å². The second-order valence-electron chi connectivity index (χ2n) is 5.32. The Kier molecular flexibility index (Phi) is 5.24. The molecule has 0 bridgehead atoms. The fourth-order valence-electron chi connectivity index (χ4n) is 2.26. The predicted molar refractivity (Wildman–Crippen MR) is 99.2 cm³/mol. The quantitative estimate of drug-likeness (QED) is 0.635. The zero-order valence-corrected chi connectivity index (χ0v) is 14.5. The minimum absolute atomic E-state index is 0.235. The highest BCUT2D eigenvalue weighted by Gasteiger charge is 2.10. The summed E-state index contributed by atoms with van der Waals surface area (Å²) in [5.74, 6) is -0.538. The number of nitrogens with one attached hydrogen (secondary N) is 2. The van der Waals surface area contributed by atoms with E-state index in [1.165, 1.54) is 13.4 Å². The molecule has 0 saturated carbocycles. The van der Waals surface area contributed by atoms with Crippen LogP contribution in [0.25, 0.3) is 0 Å². The van der Waals surface area contributed by atoms with Crippen LogP contribution >= 0.6 is 11.6 Å². The molecule has 1 amide bonds. The Labute approximate surface area is 154 Å². The molecule has 0 aliphatic heterocycles. The van der Waals surface area contributed by atoms with E-state index in [0.717, 1.165) is 5.69 Å². The number of benzene rings is 2. The van der Waals surface area contributed by atoms with Crippen molar-refractivity contribution in [3.05, 3.63) is 77.2 Å². The molecule has 3 rings (SSSR count). The molecule has 2 N–H and O–H groups in total. The summed E-state index contributed by atoms with van der Waals surface area (Å²) in [6, 6.07) is 15.1. The van der Waals surface area contributed by atoms with Gasteiger partial charge < -0.3 is 19.8 Å². The molecule has 0 unspecified atom stereocenters. The molecule has 0 atom stereocenters. The molecule has 7 heteroatoms. The summed E-state index contributed by atoms with van der Waals surface area (Å²) < 4.78 is 9.75. The lowest BCUT2D eigenvalue weighted by Gasteiger charge is -2.11. The topological polar surface area (TPSA) is 80.6 Å². The first-order valence-electron chi connectivity index (χ1n) is 7.66. The number of amides is 1. The molecule has 2 aromatic carbocycles. The van der Waals surface area contributed by atoms with E-state index in [0.29, 0.717) is 22.0 Å². The molecule has 0 fully saturated rings. The van der Waals surface area contributed by atoms with Gasteiger partial charge in [-0.3, -0.25) is 4.79 Å². The van der Waals surface area contributed by atoms with Crippen LogP contribution < -0.4 is 10.6 Å². The van der Waals surface area contributed by atoms with Crippen LogP contribution in [0.1, 0.15) is 20.9 Å². The molecule has 26 heavy (non-hydrogen) atoms. The number of halogens is 1. The summed E-state index contributed by atoms with van der Waals surface area (Å²) in [5.41, 5.74) is 2.32. The molecule has 132 valence electrons. The van der Waals surface area contributed by atoms with Crippen molar-refractivity contribution in [3.8, 4) is 0 Å². The molecule has 0 aliphatic carbocycles. The smallest absolute Gasteiger partial charge is 0.337 e. The number of hydrogen-bond acceptors (Lipinski definition) is 5. The fraction of sp³-hybridized carbons (Fsp3) is 0.0526. The Hall–Kier alpha value is -3.25. The maximum atomic E-state index is 11.9. The van der Waals surface area contributed by atoms with Gasteiger partial charge in [0.05, 0.1) is 29.6 Å². The van der Waals surface area contributed by atoms with Gasteiger partial charge in [-0.1, -0.05) is 11.6 Å². The van der Waals surface area contributed by atoms with E-state index >= 15 is 0 Å². The molecule has 1 aromatic heterocycles. The number of anilines is 3. The summed E-state index contributed by atoms with van der Waals surface area (Å²) in [7, 11) is 1.32. The van der Waals surface area contributed by atoms with Crippen LogP contribution in [0.4, 0.5) is 17.1 Å². The van der Waals surface area contributed by atoms with Gasteiger partial charge >= 0.3 is 5.97 Å². The summed E-state index contributed by atoms with van der Waals surface area (Å²) in [5, 5.41) is 6.33. The lowest BCUT2D eigenvalue weighted by molar-refractivity contribution is 0.0600. The summed E-state index contributed by atoms with van der Waals surface area (Å²) in [4.78, 5) is 23.6. The second kappa shape index (κ2) is 7.76. The van der Waals surface area contributed by atoms with Gasteiger partial charge in [0.1, 0.15) is 0 Å². The lowest BCUT2D eigenvalue weighted by Crippen LogP contribution is -2.10. The Balaban J connectivity index is 1.71. The van der Waals surface area contributed by atoms with E-state index in [2.05, 4.69) is 10.6 Å². The highest BCUT2D eigenvalue weighted by Crippen LogP contribution is 2.27. The molecule has 6 nitrogen and oxygen atoms in total. The average molecular weight is 371 g/mol. The number of furan rings is 1. The third-order valence-electron chi connectivity index (χ3n) is 3.55. The lowest BCUT2D eigenvalue weighted by atomic mass is 10.2. The van der Waals surface area contributed by atoms with Crippen LogP contribution in [-0.2, 0) is 4.74 Å². The van der Waals surface area contributed by atoms with E-state index in [-0.39, 0.29) is 11.7 Å². The molecule has 1 heterocycles. The maximum Gasteiger partial charge on any atom is 0.337 e. The number of hydrogen-bond donors (Lipinski definition) is 2. The molecule has 0 aliphatic rings. The number of ether oxygens (including phenoxy) is 1. The van der Waals surface area contributed by atoms with E-state index in [9.17, 15) is 9.59 Å². The molecular formula is C19H15ClN2O4. The van der Waals surface area contributed by atoms with Crippen molar-refractivity contribution in [1.82, 2.24) is 0 Å². The van der Waals surface area contributed by atoms with Crippen molar-refractivity contribution in [3.63, 3.8) is 0 Å². The normalized spacial score (nSPS) is 10.2. The zero-order chi connectivity index (χ0) is 18.5. The van der Waals surface area contributed by atoms with Crippen molar-refractivity contribution < 1.29 is 18.7 Å². The predicted octanol–water partition coefficient (Wildman–Crippen LogP) is 4.72. The third kappa shape index (κ3) is 4.04. The van der Waals surface area contributed by atoms with Crippen LogP contribution in [0, 0.1) is 0 Å². The van der Waals surface area contributed by atoms with Crippen molar-refractivity contribution in [2.45, 2.75) is 0 Å². The largest absolute Gasteiger partial charge is 0.465 e. The second-order valence-corrected chi connectivity index (χ2v) is 5.73. The Bertz CT molecular complexity index is 921. The van der Waals surface area contributed by atoms with Gasteiger partial charge in [-0.05, 0) is 54.6 Å². The molecular weight excluding hydrogens is 356 g/mol. The van der Waals surface area contributed by atoms with Crippen LogP contribution in [-0.4, -0.2) is 19.0 Å². The first-order valence-corrected chi connectivity index (χ1v) is 8.04. The number of esters is 1. The Morgan fingerprint density at radius 1 is 1.04 bits per heavy atom. The Morgan fingerprint density at radius 2 is 1.77 bits per heavy atom. The number of carbonyl (C=O) groups excluding carboxylic acids is 2. The van der Waals surface area contributed by atoms with Gasteiger partial charge in [0, 0.05) is 11.4 Å². The van der Waals surface area contributed by atoms with Crippen LogP contribution in [0.2, 0.25) is 5.02 Å².